The summed E-state index contributed by atoms with van der Waals surface area (Å²) in [6.45, 7) is 7.26. The van der Waals surface area contributed by atoms with Gasteiger partial charge in [0.2, 0.25) is 5.41 Å². The maximum absolute atomic E-state index is 14.5. The molecule has 3 aliphatic rings. The summed E-state index contributed by atoms with van der Waals surface area (Å²) in [4.78, 5) is 13.5. The number of halogens is 3. The molecule has 2 aromatic carbocycles. The first kappa shape index (κ1) is 29.7. The number of rotatable bonds is 6. The maximum Gasteiger partial charge on any atom is 0.411 e. The van der Waals surface area contributed by atoms with Crippen LogP contribution in [0, 0.1) is 22.7 Å². The molecule has 8 heteroatoms. The number of alkyl halides is 3. The predicted molar refractivity (Wildman–Crippen MR) is 149 cm³/mol. The van der Waals surface area contributed by atoms with E-state index in [4.69, 9.17) is 14.2 Å². The highest BCUT2D eigenvalue weighted by atomic mass is 19.4. The summed E-state index contributed by atoms with van der Waals surface area (Å²) >= 11 is 0. The zero-order valence-corrected chi connectivity index (χ0v) is 24.7. The topological polar surface area (TPSA) is 65.0 Å². The normalized spacial score (nSPS) is 31.7. The third-order valence-electron chi connectivity index (χ3n) is 11.2. The van der Waals surface area contributed by atoms with Crippen molar-refractivity contribution in [2.45, 2.75) is 82.9 Å². The molecule has 2 saturated carbocycles. The zero-order chi connectivity index (χ0) is 30.0. The summed E-state index contributed by atoms with van der Waals surface area (Å²) in [7, 11) is 3.33. The van der Waals surface area contributed by atoms with Crippen LogP contribution in [0.3, 0.4) is 0 Å². The van der Waals surface area contributed by atoms with Crippen LogP contribution in [-0.4, -0.2) is 44.2 Å². The van der Waals surface area contributed by atoms with Gasteiger partial charge in [0.15, 0.2) is 0 Å². The van der Waals surface area contributed by atoms with Crippen molar-refractivity contribution in [3.63, 3.8) is 0 Å². The third kappa shape index (κ3) is 4.18. The van der Waals surface area contributed by atoms with Gasteiger partial charge < -0.3 is 19.3 Å². The molecule has 0 aliphatic heterocycles. The van der Waals surface area contributed by atoms with Crippen molar-refractivity contribution in [3.8, 4) is 11.5 Å². The smallest absolute Gasteiger partial charge is 0.411 e. The van der Waals surface area contributed by atoms with Gasteiger partial charge in [-0.1, -0.05) is 58.0 Å². The van der Waals surface area contributed by atoms with E-state index in [1.165, 1.54) is 35.4 Å². The molecule has 3 aliphatic carbocycles. The lowest BCUT2D eigenvalue weighted by atomic mass is 9.43. The number of carbonyl (C=O) groups is 1. The quantitative estimate of drug-likeness (QED) is 0.386. The minimum Gasteiger partial charge on any atom is -0.497 e. The maximum atomic E-state index is 14.5. The Labute approximate surface area is 240 Å². The van der Waals surface area contributed by atoms with Crippen LogP contribution < -0.4 is 9.47 Å². The summed E-state index contributed by atoms with van der Waals surface area (Å²) in [5.74, 6) is 0.563. The SMILES string of the molecule is COc1cc2c(c(OC)c1)C1(C)CCC3C(C)(C)C(OC(=O)C(CO)(c4ccccc4)C(F)(F)F)CCC3(C)C1C2. The molecule has 41 heavy (non-hydrogen) atoms. The van der Waals surface area contributed by atoms with Gasteiger partial charge in [0.1, 0.15) is 17.6 Å². The lowest BCUT2D eigenvalue weighted by Gasteiger charge is -2.62. The minimum absolute atomic E-state index is 0.118. The predicted octanol–water partition coefficient (Wildman–Crippen LogP) is 6.77. The molecule has 5 nitrogen and oxygen atoms in total. The van der Waals surface area contributed by atoms with Gasteiger partial charge in [0, 0.05) is 22.5 Å². The lowest BCUT2D eigenvalue weighted by Crippen LogP contribution is -2.61. The largest absolute Gasteiger partial charge is 0.497 e. The van der Waals surface area contributed by atoms with Crippen molar-refractivity contribution in [1.29, 1.82) is 0 Å². The third-order valence-corrected chi connectivity index (χ3v) is 11.2. The molecule has 5 rings (SSSR count). The Bertz CT molecular complexity index is 1310. The Morgan fingerprint density at radius 3 is 2.24 bits per heavy atom. The lowest BCUT2D eigenvalue weighted by molar-refractivity contribution is -0.230. The first-order valence-electron chi connectivity index (χ1n) is 14.4. The molecule has 0 saturated heterocycles. The highest BCUT2D eigenvalue weighted by Gasteiger charge is 2.66. The second-order valence-corrected chi connectivity index (χ2v) is 13.3. The van der Waals surface area contributed by atoms with Gasteiger partial charge >= 0.3 is 12.1 Å². The van der Waals surface area contributed by atoms with E-state index >= 15 is 0 Å². The molecule has 2 fully saturated rings. The second-order valence-electron chi connectivity index (χ2n) is 13.3. The molecular formula is C33H41F3O5. The van der Waals surface area contributed by atoms with Gasteiger partial charge in [-0.05, 0) is 66.5 Å². The molecule has 224 valence electrons. The fraction of sp³-hybridized carbons (Fsp3) is 0.606. The number of aliphatic hydroxyl groups excluding tert-OH is 1. The van der Waals surface area contributed by atoms with Crippen LogP contribution in [-0.2, 0) is 26.8 Å². The van der Waals surface area contributed by atoms with Crippen LogP contribution in [0.1, 0.15) is 70.1 Å². The average molecular weight is 575 g/mol. The molecule has 0 bridgehead atoms. The number of aliphatic hydroxyl groups is 1. The van der Waals surface area contributed by atoms with E-state index in [0.29, 0.717) is 6.42 Å². The second kappa shape index (κ2) is 9.92. The van der Waals surface area contributed by atoms with Gasteiger partial charge in [-0.15, -0.1) is 0 Å². The Kier molecular flexibility index (Phi) is 7.20. The molecule has 2 aromatic rings. The summed E-state index contributed by atoms with van der Waals surface area (Å²) in [6.07, 6.45) is -1.97. The fourth-order valence-corrected chi connectivity index (χ4v) is 9.04. The Hall–Kier alpha value is -2.74. The number of ether oxygens (including phenoxy) is 3. The van der Waals surface area contributed by atoms with E-state index < -0.39 is 35.7 Å². The molecule has 1 N–H and O–H groups in total. The highest BCUT2D eigenvalue weighted by Crippen LogP contribution is 2.69. The van der Waals surface area contributed by atoms with E-state index in [0.717, 1.165) is 37.2 Å². The van der Waals surface area contributed by atoms with Gasteiger partial charge in [0.25, 0.3) is 0 Å². The van der Waals surface area contributed by atoms with Crippen LogP contribution >= 0.6 is 0 Å². The van der Waals surface area contributed by atoms with Crippen molar-refractivity contribution in [2.24, 2.45) is 22.7 Å². The number of hydrogen-bond donors (Lipinski definition) is 1. The molecule has 6 unspecified atom stereocenters. The molecule has 0 radical (unpaired) electrons. The monoisotopic (exact) mass is 574 g/mol. The van der Waals surface area contributed by atoms with Crippen molar-refractivity contribution in [3.05, 3.63) is 59.2 Å². The number of benzene rings is 2. The van der Waals surface area contributed by atoms with E-state index in [9.17, 15) is 23.1 Å². The van der Waals surface area contributed by atoms with E-state index in [-0.39, 0.29) is 28.2 Å². The average Bonchev–Trinajstić information content (AvgIpc) is 3.24. The van der Waals surface area contributed by atoms with Crippen molar-refractivity contribution < 1.29 is 37.3 Å². The molecule has 6 atom stereocenters. The van der Waals surface area contributed by atoms with Crippen molar-refractivity contribution >= 4 is 5.97 Å². The van der Waals surface area contributed by atoms with Gasteiger partial charge in [0.05, 0.1) is 20.8 Å². The highest BCUT2D eigenvalue weighted by molar-refractivity contribution is 5.85. The Morgan fingerprint density at radius 2 is 1.66 bits per heavy atom. The fourth-order valence-electron chi connectivity index (χ4n) is 9.04. The number of fused-ring (bicyclic) bond motifs is 5. The number of esters is 1. The van der Waals surface area contributed by atoms with Crippen LogP contribution in [0.25, 0.3) is 0 Å². The van der Waals surface area contributed by atoms with Crippen LogP contribution in [0.5, 0.6) is 11.5 Å². The number of carbonyl (C=O) groups excluding carboxylic acids is 1. The number of methoxy groups -OCH3 is 2. The number of hydrogen-bond acceptors (Lipinski definition) is 5. The minimum atomic E-state index is -5.03. The van der Waals surface area contributed by atoms with Crippen molar-refractivity contribution in [1.82, 2.24) is 0 Å². The molecular weight excluding hydrogens is 533 g/mol. The van der Waals surface area contributed by atoms with Crippen LogP contribution in [0.4, 0.5) is 13.2 Å². The molecule has 0 amide bonds. The van der Waals surface area contributed by atoms with Gasteiger partial charge in [-0.3, -0.25) is 4.79 Å². The summed E-state index contributed by atoms with van der Waals surface area (Å²) in [6, 6.07) is 10.9. The van der Waals surface area contributed by atoms with Gasteiger partial charge in [-0.25, -0.2) is 0 Å². The Balaban J connectivity index is 1.46. The first-order chi connectivity index (χ1) is 19.2. The summed E-state index contributed by atoms with van der Waals surface area (Å²) in [5, 5.41) is 10.1. The summed E-state index contributed by atoms with van der Waals surface area (Å²) < 4.78 is 60.9. The van der Waals surface area contributed by atoms with Crippen LogP contribution in [0.15, 0.2) is 42.5 Å². The molecule has 0 aromatic heterocycles. The summed E-state index contributed by atoms with van der Waals surface area (Å²) in [5.41, 5.74) is -1.83. The first-order valence-corrected chi connectivity index (χ1v) is 14.4. The Morgan fingerprint density at radius 1 is 0.976 bits per heavy atom. The van der Waals surface area contributed by atoms with Crippen molar-refractivity contribution in [2.75, 3.05) is 20.8 Å². The van der Waals surface area contributed by atoms with E-state index in [2.05, 4.69) is 19.9 Å². The molecule has 0 heterocycles. The molecule has 0 spiro atoms. The van der Waals surface area contributed by atoms with E-state index in [1.54, 1.807) is 20.3 Å². The zero-order valence-electron chi connectivity index (χ0n) is 24.7. The van der Waals surface area contributed by atoms with Gasteiger partial charge in [-0.2, -0.15) is 13.2 Å². The van der Waals surface area contributed by atoms with Crippen LogP contribution in [0.2, 0.25) is 0 Å². The standard InChI is InChI=1S/C33H41F3O5/c1-29(2)24-12-14-31(4)25(17-20-16-22(39-5)18-23(40-6)27(20)31)30(24,3)15-13-26(29)41-28(38)32(19-37,33(34,35)36)21-10-8-7-9-11-21/h7-11,16,18,24-26,37H,12-15,17,19H2,1-6H3. The van der Waals surface area contributed by atoms with E-state index in [1.807, 2.05) is 19.9 Å².